The fourth-order valence-electron chi connectivity index (χ4n) is 2.60. The topological polar surface area (TPSA) is 84.7 Å². The van der Waals surface area contributed by atoms with Gasteiger partial charge in [0.25, 0.3) is 0 Å². The van der Waals surface area contributed by atoms with Crippen LogP contribution in [0.1, 0.15) is 57.8 Å². The Morgan fingerprint density at radius 1 is 1.19 bits per heavy atom. The van der Waals surface area contributed by atoms with Crippen LogP contribution in [0.5, 0.6) is 0 Å². The number of tetrazole rings is 1. The molecule has 0 saturated heterocycles. The zero-order valence-electron chi connectivity index (χ0n) is 13.0. The van der Waals surface area contributed by atoms with Crippen molar-refractivity contribution in [3.05, 3.63) is 5.82 Å². The first-order valence-corrected chi connectivity index (χ1v) is 7.94. The standard InChI is InChI=1S/C14H26N6O/c1-11(2)13-14-17-18-19-20(14)10-5-3-4-7-12(21)15-8-6-9-16-13/h11,13,16H,3-10H2,1-2H3,(H,15,21). The molecular weight excluding hydrogens is 268 g/mol. The Morgan fingerprint density at radius 3 is 2.86 bits per heavy atom. The van der Waals surface area contributed by atoms with Crippen LogP contribution in [0.2, 0.25) is 0 Å². The van der Waals surface area contributed by atoms with E-state index >= 15 is 0 Å². The van der Waals surface area contributed by atoms with Crippen LogP contribution < -0.4 is 10.6 Å². The number of nitrogens with one attached hydrogen (secondary N) is 2. The molecule has 0 aromatic carbocycles. The molecule has 21 heavy (non-hydrogen) atoms. The van der Waals surface area contributed by atoms with Crippen molar-refractivity contribution in [2.45, 2.75) is 58.5 Å². The highest BCUT2D eigenvalue weighted by Crippen LogP contribution is 2.19. The first kappa shape index (κ1) is 15.9. The molecule has 1 aromatic heterocycles. The summed E-state index contributed by atoms with van der Waals surface area (Å²) in [6.07, 6.45) is 4.47. The number of aryl methyl sites for hydroxylation is 1. The molecule has 118 valence electrons. The van der Waals surface area contributed by atoms with E-state index in [4.69, 9.17) is 0 Å². The predicted octanol–water partition coefficient (Wildman–Crippen LogP) is 1.04. The largest absolute Gasteiger partial charge is 0.356 e. The Hall–Kier alpha value is -1.50. The zero-order valence-corrected chi connectivity index (χ0v) is 13.0. The van der Waals surface area contributed by atoms with Crippen molar-refractivity contribution in [2.24, 2.45) is 5.92 Å². The van der Waals surface area contributed by atoms with Crippen LogP contribution in [0.15, 0.2) is 0 Å². The maximum Gasteiger partial charge on any atom is 0.219 e. The Morgan fingerprint density at radius 2 is 2.05 bits per heavy atom. The lowest BCUT2D eigenvalue weighted by Crippen LogP contribution is -2.32. The number of hydrogen-bond donors (Lipinski definition) is 2. The third kappa shape index (κ3) is 4.77. The van der Waals surface area contributed by atoms with Gasteiger partial charge in [-0.15, -0.1) is 5.10 Å². The number of rotatable bonds is 1. The lowest BCUT2D eigenvalue weighted by Gasteiger charge is -2.22. The van der Waals surface area contributed by atoms with Crippen molar-refractivity contribution in [1.82, 2.24) is 30.8 Å². The Kier molecular flexibility index (Phi) is 6.10. The monoisotopic (exact) mass is 294 g/mol. The Balaban J connectivity index is 2.05. The summed E-state index contributed by atoms with van der Waals surface area (Å²) in [5.41, 5.74) is 0. The quantitative estimate of drug-likeness (QED) is 0.808. The van der Waals surface area contributed by atoms with Crippen molar-refractivity contribution in [1.29, 1.82) is 0 Å². The molecule has 7 nitrogen and oxygen atoms in total. The zero-order chi connectivity index (χ0) is 15.1. The maximum atomic E-state index is 11.6. The van der Waals surface area contributed by atoms with Crippen molar-refractivity contribution < 1.29 is 4.79 Å². The molecule has 1 aromatic rings. The van der Waals surface area contributed by atoms with E-state index in [0.717, 1.165) is 51.1 Å². The predicted molar refractivity (Wildman–Crippen MR) is 79.5 cm³/mol. The molecular formula is C14H26N6O. The van der Waals surface area contributed by atoms with Crippen molar-refractivity contribution in [3.8, 4) is 0 Å². The van der Waals surface area contributed by atoms with Crippen LogP contribution in [-0.4, -0.2) is 39.2 Å². The molecule has 0 fully saturated rings. The molecule has 0 radical (unpaired) electrons. The Labute approximate surface area is 125 Å². The van der Waals surface area contributed by atoms with Crippen molar-refractivity contribution in [2.75, 3.05) is 13.1 Å². The molecule has 0 spiro atoms. The molecule has 2 N–H and O–H groups in total. The molecule has 1 aliphatic rings. The van der Waals surface area contributed by atoms with Crippen LogP contribution in [-0.2, 0) is 11.3 Å². The Bertz CT molecular complexity index is 444. The summed E-state index contributed by atoms with van der Waals surface area (Å²) in [6, 6.07) is 0.152. The van der Waals surface area contributed by atoms with E-state index in [9.17, 15) is 4.79 Å². The highest BCUT2D eigenvalue weighted by atomic mass is 16.1. The van der Waals surface area contributed by atoms with E-state index in [2.05, 4.69) is 40.0 Å². The van der Waals surface area contributed by atoms with E-state index in [-0.39, 0.29) is 11.9 Å². The molecule has 0 bridgehead atoms. The summed E-state index contributed by atoms with van der Waals surface area (Å²) in [5.74, 6) is 1.50. The van der Waals surface area contributed by atoms with Crippen LogP contribution in [0.4, 0.5) is 0 Å². The summed E-state index contributed by atoms with van der Waals surface area (Å²) in [6.45, 7) is 6.72. The van der Waals surface area contributed by atoms with E-state index in [1.807, 2.05) is 4.68 Å². The molecule has 1 unspecified atom stereocenters. The average Bonchev–Trinajstić information content (AvgIpc) is 2.89. The molecule has 1 atom stereocenters. The molecule has 0 saturated carbocycles. The van der Waals surface area contributed by atoms with Gasteiger partial charge in [0.1, 0.15) is 0 Å². The van der Waals surface area contributed by atoms with Gasteiger partial charge < -0.3 is 10.6 Å². The minimum Gasteiger partial charge on any atom is -0.356 e. The first-order valence-electron chi connectivity index (χ1n) is 7.94. The summed E-state index contributed by atoms with van der Waals surface area (Å²) >= 11 is 0. The number of nitrogens with zero attached hydrogens (tertiary/aromatic N) is 4. The van der Waals surface area contributed by atoms with Crippen LogP contribution in [0, 0.1) is 5.92 Å². The van der Waals surface area contributed by atoms with E-state index in [0.29, 0.717) is 12.3 Å². The summed E-state index contributed by atoms with van der Waals surface area (Å²) in [5, 5.41) is 18.6. The third-order valence-electron chi connectivity index (χ3n) is 3.82. The van der Waals surface area contributed by atoms with Gasteiger partial charge >= 0.3 is 0 Å². The molecule has 2 rings (SSSR count). The number of fused-ring (bicyclic) bond motifs is 1. The first-order chi connectivity index (χ1) is 10.2. The molecule has 1 aliphatic heterocycles. The second kappa shape index (κ2) is 8.07. The highest BCUT2D eigenvalue weighted by molar-refractivity contribution is 5.75. The molecule has 2 heterocycles. The van der Waals surface area contributed by atoms with Crippen LogP contribution in [0.3, 0.4) is 0 Å². The van der Waals surface area contributed by atoms with Gasteiger partial charge in [0.05, 0.1) is 6.04 Å². The molecule has 7 heteroatoms. The minimum absolute atomic E-state index is 0.152. The minimum atomic E-state index is 0.152. The smallest absolute Gasteiger partial charge is 0.219 e. The number of amides is 1. The lowest BCUT2D eigenvalue weighted by atomic mass is 10.0. The third-order valence-corrected chi connectivity index (χ3v) is 3.82. The van der Waals surface area contributed by atoms with E-state index < -0.39 is 0 Å². The normalized spacial score (nSPS) is 22.4. The number of aromatic nitrogens is 4. The van der Waals surface area contributed by atoms with Crippen LogP contribution in [0.25, 0.3) is 0 Å². The van der Waals surface area contributed by atoms with Gasteiger partial charge in [-0.3, -0.25) is 4.79 Å². The number of hydrogen-bond acceptors (Lipinski definition) is 5. The average molecular weight is 294 g/mol. The van der Waals surface area contributed by atoms with Gasteiger partial charge in [-0.25, -0.2) is 4.68 Å². The lowest BCUT2D eigenvalue weighted by molar-refractivity contribution is -0.121. The van der Waals surface area contributed by atoms with Crippen molar-refractivity contribution >= 4 is 5.91 Å². The van der Waals surface area contributed by atoms with Gasteiger partial charge in [0, 0.05) is 19.5 Å². The SMILES string of the molecule is CC(C)C1NCCCNC(=O)CCCCCn2nnnc21. The van der Waals surface area contributed by atoms with Crippen LogP contribution >= 0.6 is 0 Å². The maximum absolute atomic E-state index is 11.6. The number of carbonyl (C=O) groups excluding carboxylic acids is 1. The molecule has 0 aliphatic carbocycles. The van der Waals surface area contributed by atoms with Gasteiger partial charge in [0.2, 0.25) is 5.91 Å². The second-order valence-corrected chi connectivity index (χ2v) is 5.95. The second-order valence-electron chi connectivity index (χ2n) is 5.95. The summed E-state index contributed by atoms with van der Waals surface area (Å²) in [4.78, 5) is 11.6. The fraction of sp³-hybridized carbons (Fsp3) is 0.857. The summed E-state index contributed by atoms with van der Waals surface area (Å²) in [7, 11) is 0. The fourth-order valence-corrected chi connectivity index (χ4v) is 2.60. The molecule has 1 amide bonds. The van der Waals surface area contributed by atoms with E-state index in [1.165, 1.54) is 0 Å². The van der Waals surface area contributed by atoms with Gasteiger partial charge in [0.15, 0.2) is 5.82 Å². The summed E-state index contributed by atoms with van der Waals surface area (Å²) < 4.78 is 1.91. The van der Waals surface area contributed by atoms with Crippen molar-refractivity contribution in [3.63, 3.8) is 0 Å². The number of carbonyl (C=O) groups is 1. The van der Waals surface area contributed by atoms with Gasteiger partial charge in [-0.2, -0.15) is 0 Å². The highest BCUT2D eigenvalue weighted by Gasteiger charge is 2.21. The van der Waals surface area contributed by atoms with E-state index in [1.54, 1.807) is 0 Å². The van der Waals surface area contributed by atoms with Gasteiger partial charge in [-0.05, 0) is 42.2 Å². The van der Waals surface area contributed by atoms with Gasteiger partial charge in [-0.1, -0.05) is 20.3 Å².